The van der Waals surface area contributed by atoms with Gasteiger partial charge in [-0.25, -0.2) is 28.2 Å². The van der Waals surface area contributed by atoms with Gasteiger partial charge in [0.2, 0.25) is 0 Å². The molecule has 0 aliphatic carbocycles. The third kappa shape index (κ3) is 3.33. The van der Waals surface area contributed by atoms with E-state index < -0.39 is 25.1 Å². The van der Waals surface area contributed by atoms with Crippen LogP contribution in [0.5, 0.6) is 0 Å². The largest absolute Gasteiger partial charge is 0.385 e. The summed E-state index contributed by atoms with van der Waals surface area (Å²) in [7, 11) is 0. The van der Waals surface area contributed by atoms with Crippen molar-refractivity contribution >= 4 is 28.1 Å². The van der Waals surface area contributed by atoms with E-state index in [2.05, 4.69) is 25.6 Å². The number of nitrogens with zero attached hydrogens (tertiary/aromatic N) is 4. The monoisotopic (exact) mass is 393 g/mol. The van der Waals surface area contributed by atoms with E-state index in [1.165, 1.54) is 0 Å². The molecule has 0 radical (unpaired) electrons. The third-order valence-corrected chi connectivity index (χ3v) is 4.78. The van der Waals surface area contributed by atoms with Gasteiger partial charge in [0.25, 0.3) is 6.43 Å². The number of imidazole rings is 1. The number of H-pyrrole nitrogens is 1. The van der Waals surface area contributed by atoms with E-state index in [0.717, 1.165) is 10.9 Å². The molecule has 4 N–H and O–H groups in total. The first-order valence-electron chi connectivity index (χ1n) is 9.04. The molecule has 2 atom stereocenters. The lowest BCUT2D eigenvalue weighted by Gasteiger charge is -2.24. The van der Waals surface area contributed by atoms with Crippen LogP contribution < -0.4 is 15.6 Å². The van der Waals surface area contributed by atoms with Gasteiger partial charge in [0.15, 0.2) is 5.82 Å². The topological polar surface area (TPSA) is 111 Å². The number of aliphatic hydroxyl groups excluding tert-OH is 1. The number of pyridine rings is 1. The van der Waals surface area contributed by atoms with E-state index in [4.69, 9.17) is 0 Å². The molecule has 11 heteroatoms. The number of urea groups is 1. The van der Waals surface area contributed by atoms with Crippen LogP contribution >= 0.6 is 0 Å². The van der Waals surface area contributed by atoms with Crippen molar-refractivity contribution < 1.29 is 18.7 Å². The summed E-state index contributed by atoms with van der Waals surface area (Å²) < 4.78 is 26.3. The Hall–Kier alpha value is -2.95. The van der Waals surface area contributed by atoms with Crippen LogP contribution in [0.1, 0.15) is 25.3 Å². The number of halogens is 2. The highest BCUT2D eigenvalue weighted by molar-refractivity contribution is 6.01. The second-order valence-electron chi connectivity index (χ2n) is 6.83. The van der Waals surface area contributed by atoms with Crippen molar-refractivity contribution in [2.24, 2.45) is 0 Å². The van der Waals surface area contributed by atoms with Gasteiger partial charge >= 0.3 is 6.03 Å². The predicted octanol–water partition coefficient (Wildman–Crippen LogP) is 1.24. The summed E-state index contributed by atoms with van der Waals surface area (Å²) >= 11 is 0. The van der Waals surface area contributed by atoms with Crippen LogP contribution in [0.4, 0.5) is 13.6 Å². The molecule has 3 aromatic heterocycles. The summed E-state index contributed by atoms with van der Waals surface area (Å²) in [5.41, 5.74) is 2.20. The van der Waals surface area contributed by atoms with E-state index in [1.54, 1.807) is 19.3 Å². The minimum atomic E-state index is -2.59. The Balaban J connectivity index is 1.61. The molecule has 2 amide bonds. The molecule has 28 heavy (non-hydrogen) atoms. The second kappa shape index (κ2) is 7.23. The quantitative estimate of drug-likeness (QED) is 0.521. The molecule has 0 saturated carbocycles. The molecule has 1 fully saturated rings. The van der Waals surface area contributed by atoms with Gasteiger partial charge in [0, 0.05) is 18.1 Å². The zero-order chi connectivity index (χ0) is 19.8. The van der Waals surface area contributed by atoms with Crippen molar-refractivity contribution in [2.75, 3.05) is 24.6 Å². The van der Waals surface area contributed by atoms with E-state index in [9.17, 15) is 18.7 Å². The lowest BCUT2D eigenvalue weighted by atomic mass is 10.3. The van der Waals surface area contributed by atoms with Crippen molar-refractivity contribution in [3.05, 3.63) is 24.3 Å². The Morgan fingerprint density at radius 3 is 3.07 bits per heavy atom. The van der Waals surface area contributed by atoms with Gasteiger partial charge in [-0.1, -0.05) is 0 Å². The molecular weight excluding hydrogens is 372 g/mol. The highest BCUT2D eigenvalue weighted by Gasteiger charge is 2.29. The highest BCUT2D eigenvalue weighted by Crippen LogP contribution is 2.28. The number of amides is 2. The standard InChI is InChI=1S/C17H21F2N7O2/c1-9(27)16-24-12-6-21-15-11(2-4-20-15)14(12)26(16)25-5-3-10(8-25)23-17(28)22-7-13(18)19/h2,4,6,9-10,13,27H,3,5,7-8H2,1H3,(H,20,21)(H2,22,23,28)/t9-,10-/m1/s1. The minimum absolute atomic E-state index is 0.208. The van der Waals surface area contributed by atoms with Crippen LogP contribution in [0.25, 0.3) is 22.1 Å². The lowest BCUT2D eigenvalue weighted by Crippen LogP contribution is -2.45. The van der Waals surface area contributed by atoms with Gasteiger partial charge in [0.1, 0.15) is 22.8 Å². The molecule has 0 spiro atoms. The number of hydrogen-bond donors (Lipinski definition) is 4. The Bertz CT molecular complexity index is 1000. The van der Waals surface area contributed by atoms with Gasteiger partial charge in [0.05, 0.1) is 25.3 Å². The Labute approximate surface area is 158 Å². The van der Waals surface area contributed by atoms with E-state index >= 15 is 0 Å². The first-order chi connectivity index (χ1) is 13.4. The Morgan fingerprint density at radius 1 is 1.50 bits per heavy atom. The van der Waals surface area contributed by atoms with Crippen LogP contribution in [0, 0.1) is 0 Å². The van der Waals surface area contributed by atoms with Gasteiger partial charge in [-0.2, -0.15) is 0 Å². The molecule has 9 nitrogen and oxygen atoms in total. The summed E-state index contributed by atoms with van der Waals surface area (Å²) in [5.74, 6) is 0.480. The normalized spacial score (nSPS) is 18.3. The summed E-state index contributed by atoms with van der Waals surface area (Å²) in [5, 5.41) is 18.0. The molecule has 1 aliphatic heterocycles. The highest BCUT2D eigenvalue weighted by atomic mass is 19.3. The molecule has 1 saturated heterocycles. The molecule has 4 heterocycles. The van der Waals surface area contributed by atoms with Gasteiger partial charge in [-0.05, 0) is 19.4 Å². The number of aromatic nitrogens is 4. The molecule has 0 bridgehead atoms. The van der Waals surface area contributed by atoms with Crippen molar-refractivity contribution in [1.29, 1.82) is 0 Å². The molecule has 3 aromatic rings. The summed E-state index contributed by atoms with van der Waals surface area (Å²) in [4.78, 5) is 23.7. The van der Waals surface area contributed by atoms with Crippen molar-refractivity contribution in [3.8, 4) is 0 Å². The predicted molar refractivity (Wildman–Crippen MR) is 98.9 cm³/mol. The average molecular weight is 393 g/mol. The third-order valence-electron chi connectivity index (χ3n) is 4.78. The number of aromatic amines is 1. The zero-order valence-corrected chi connectivity index (χ0v) is 15.2. The number of rotatable bonds is 5. The number of carbonyl (C=O) groups excluding carboxylic acids is 1. The fourth-order valence-electron chi connectivity index (χ4n) is 3.58. The maximum Gasteiger partial charge on any atom is 0.315 e. The maximum absolute atomic E-state index is 12.2. The number of fused-ring (bicyclic) bond motifs is 3. The molecule has 150 valence electrons. The van der Waals surface area contributed by atoms with Gasteiger partial charge in [-0.15, -0.1) is 0 Å². The van der Waals surface area contributed by atoms with Crippen LogP contribution in [0.15, 0.2) is 18.5 Å². The Morgan fingerprint density at radius 2 is 2.32 bits per heavy atom. The number of aliphatic hydroxyl groups is 1. The van der Waals surface area contributed by atoms with E-state index in [0.29, 0.717) is 36.5 Å². The van der Waals surface area contributed by atoms with E-state index in [1.807, 2.05) is 15.8 Å². The number of hydrogen-bond acceptors (Lipinski definition) is 5. The van der Waals surface area contributed by atoms with Gasteiger partial charge < -0.3 is 25.7 Å². The second-order valence-corrected chi connectivity index (χ2v) is 6.83. The van der Waals surface area contributed by atoms with Crippen molar-refractivity contribution in [1.82, 2.24) is 30.3 Å². The molecular formula is C17H21F2N7O2. The van der Waals surface area contributed by atoms with Crippen molar-refractivity contribution in [2.45, 2.75) is 31.9 Å². The minimum Gasteiger partial charge on any atom is -0.385 e. The van der Waals surface area contributed by atoms with E-state index in [-0.39, 0.29) is 6.04 Å². The van der Waals surface area contributed by atoms with Crippen molar-refractivity contribution in [3.63, 3.8) is 0 Å². The average Bonchev–Trinajstić information content (AvgIpc) is 3.36. The first-order valence-corrected chi connectivity index (χ1v) is 9.04. The SMILES string of the molecule is C[C@@H](O)c1nc2cnc3[nH]ccc3c2n1N1CC[C@@H](NC(=O)NCC(F)F)C1. The summed E-state index contributed by atoms with van der Waals surface area (Å²) in [6, 6.07) is 1.08. The van der Waals surface area contributed by atoms with Crippen LogP contribution in [0.3, 0.4) is 0 Å². The lowest BCUT2D eigenvalue weighted by molar-refractivity contribution is 0.146. The smallest absolute Gasteiger partial charge is 0.315 e. The maximum atomic E-state index is 12.2. The molecule has 0 aromatic carbocycles. The molecule has 0 unspecified atom stereocenters. The Kier molecular flexibility index (Phi) is 4.75. The first kappa shape index (κ1) is 18.4. The number of nitrogens with one attached hydrogen (secondary N) is 3. The van der Waals surface area contributed by atoms with Crippen LogP contribution in [-0.2, 0) is 0 Å². The van der Waals surface area contributed by atoms with Gasteiger partial charge in [-0.3, -0.25) is 0 Å². The molecule has 4 rings (SSSR count). The summed E-state index contributed by atoms with van der Waals surface area (Å²) in [6.45, 7) is 2.03. The molecule has 1 aliphatic rings. The fourth-order valence-corrected chi connectivity index (χ4v) is 3.58. The summed E-state index contributed by atoms with van der Waals surface area (Å²) in [6.07, 6.45) is 0.692. The number of alkyl halides is 2. The number of carbonyl (C=O) groups is 1. The van der Waals surface area contributed by atoms with Crippen LogP contribution in [-0.4, -0.2) is 62.9 Å². The zero-order valence-electron chi connectivity index (χ0n) is 15.2. The fraction of sp³-hybridized carbons (Fsp3) is 0.471. The van der Waals surface area contributed by atoms with Crippen LogP contribution in [0.2, 0.25) is 0 Å².